The number of carbonyl (C=O) groups is 1. The second kappa shape index (κ2) is 7.70. The van der Waals surface area contributed by atoms with Crippen LogP contribution in [0.1, 0.15) is 104 Å². The SMILES string of the molecule is CCCCCC1CC[C@]2(CC1)C(=O)[C@@]1(CC[C@@H](CCC)CC1)C2(Cl)Cl. The molecule has 0 radical (unpaired) electrons. The minimum Gasteiger partial charge on any atom is -0.298 e. The van der Waals surface area contributed by atoms with Crippen LogP contribution >= 0.6 is 23.2 Å². The van der Waals surface area contributed by atoms with Crippen molar-refractivity contribution in [3.8, 4) is 0 Å². The maximum Gasteiger partial charge on any atom is 0.151 e. The quantitative estimate of drug-likeness (QED) is 0.341. The summed E-state index contributed by atoms with van der Waals surface area (Å²) in [5.41, 5.74) is -0.843. The lowest BCUT2D eigenvalue weighted by atomic mass is 9.42. The number of carbonyl (C=O) groups excluding carboxylic acids is 1. The zero-order valence-corrected chi connectivity index (χ0v) is 17.7. The predicted molar refractivity (Wildman–Crippen MR) is 107 cm³/mol. The Balaban J connectivity index is 1.61. The highest BCUT2D eigenvalue weighted by molar-refractivity contribution is 6.55. The first-order valence-corrected chi connectivity index (χ1v) is 11.6. The summed E-state index contributed by atoms with van der Waals surface area (Å²) in [5.74, 6) is 2.00. The minimum absolute atomic E-state index is 0.421. The van der Waals surface area contributed by atoms with Gasteiger partial charge in [0.05, 0.1) is 10.8 Å². The van der Waals surface area contributed by atoms with Crippen molar-refractivity contribution in [2.24, 2.45) is 22.7 Å². The molecule has 0 N–H and O–H groups in total. The molecule has 1 nitrogen and oxygen atoms in total. The Morgan fingerprint density at radius 3 is 1.68 bits per heavy atom. The fourth-order valence-electron chi connectivity index (χ4n) is 6.23. The van der Waals surface area contributed by atoms with Gasteiger partial charge < -0.3 is 0 Å². The van der Waals surface area contributed by atoms with Crippen molar-refractivity contribution in [2.45, 2.75) is 108 Å². The van der Waals surface area contributed by atoms with Crippen molar-refractivity contribution in [3.05, 3.63) is 0 Å². The second-order valence-electron chi connectivity index (χ2n) is 9.24. The number of hydrogen-bond donors (Lipinski definition) is 0. The van der Waals surface area contributed by atoms with E-state index >= 15 is 0 Å². The van der Waals surface area contributed by atoms with Crippen LogP contribution in [0.15, 0.2) is 0 Å². The first kappa shape index (κ1) is 20.0. The number of rotatable bonds is 6. The van der Waals surface area contributed by atoms with Gasteiger partial charge in [-0.3, -0.25) is 4.79 Å². The summed E-state index contributed by atoms with van der Waals surface area (Å²) in [5, 5.41) is 0. The van der Waals surface area contributed by atoms with Crippen LogP contribution < -0.4 is 0 Å². The van der Waals surface area contributed by atoms with Gasteiger partial charge in [0.25, 0.3) is 0 Å². The lowest BCUT2D eigenvalue weighted by Gasteiger charge is -2.67. The van der Waals surface area contributed by atoms with Gasteiger partial charge in [-0.25, -0.2) is 0 Å². The van der Waals surface area contributed by atoms with Crippen LogP contribution in [0, 0.1) is 22.7 Å². The Kier molecular flexibility index (Phi) is 6.16. The van der Waals surface area contributed by atoms with Crippen molar-refractivity contribution in [1.82, 2.24) is 0 Å². The number of hydrogen-bond acceptors (Lipinski definition) is 1. The Hall–Kier alpha value is 0.250. The molecule has 0 aliphatic heterocycles. The van der Waals surface area contributed by atoms with Gasteiger partial charge in [-0.2, -0.15) is 0 Å². The summed E-state index contributed by atoms with van der Waals surface area (Å²) < 4.78 is -0.817. The van der Waals surface area contributed by atoms with E-state index in [-0.39, 0.29) is 0 Å². The predicted octanol–water partition coefficient (Wildman–Crippen LogP) is 7.48. The molecule has 3 rings (SSSR count). The van der Waals surface area contributed by atoms with Crippen LogP contribution in [0.3, 0.4) is 0 Å². The van der Waals surface area contributed by atoms with Gasteiger partial charge in [0.15, 0.2) is 5.78 Å². The molecule has 144 valence electrons. The van der Waals surface area contributed by atoms with Crippen molar-refractivity contribution in [1.29, 1.82) is 0 Å². The molecule has 0 atom stereocenters. The molecular formula is C22H36Cl2O. The molecule has 3 heteroatoms. The molecule has 3 saturated carbocycles. The highest BCUT2D eigenvalue weighted by atomic mass is 35.5. The van der Waals surface area contributed by atoms with E-state index in [1.54, 1.807) is 0 Å². The molecule has 0 aromatic heterocycles. The van der Waals surface area contributed by atoms with Gasteiger partial charge in [0, 0.05) is 0 Å². The van der Waals surface area contributed by atoms with E-state index in [1.807, 2.05) is 0 Å². The van der Waals surface area contributed by atoms with Crippen LogP contribution in [0.2, 0.25) is 0 Å². The van der Waals surface area contributed by atoms with Gasteiger partial charge in [0.2, 0.25) is 0 Å². The zero-order valence-electron chi connectivity index (χ0n) is 16.2. The molecule has 0 aromatic rings. The third-order valence-corrected chi connectivity index (χ3v) is 9.35. The number of unbranched alkanes of at least 4 members (excludes halogenated alkanes) is 2. The summed E-state index contributed by atoms with van der Waals surface area (Å²) in [4.78, 5) is 13.4. The molecular weight excluding hydrogens is 351 g/mol. The van der Waals surface area contributed by atoms with E-state index in [1.165, 1.54) is 38.5 Å². The average molecular weight is 387 g/mol. The van der Waals surface area contributed by atoms with E-state index in [0.29, 0.717) is 5.78 Å². The number of halogens is 2. The molecule has 3 aliphatic carbocycles. The lowest BCUT2D eigenvalue weighted by molar-refractivity contribution is -0.172. The van der Waals surface area contributed by atoms with Crippen molar-refractivity contribution in [3.63, 3.8) is 0 Å². The largest absolute Gasteiger partial charge is 0.298 e. The molecule has 0 heterocycles. The molecule has 0 aromatic carbocycles. The molecule has 0 amide bonds. The maximum absolute atomic E-state index is 13.4. The smallest absolute Gasteiger partial charge is 0.151 e. The summed E-state index contributed by atoms with van der Waals surface area (Å²) in [6.45, 7) is 4.51. The van der Waals surface area contributed by atoms with Crippen LogP contribution in [0.5, 0.6) is 0 Å². The Morgan fingerprint density at radius 1 is 0.800 bits per heavy atom. The van der Waals surface area contributed by atoms with E-state index in [9.17, 15) is 4.79 Å². The summed E-state index contributed by atoms with van der Waals surface area (Å²) in [7, 11) is 0. The molecule has 0 bridgehead atoms. The number of Topliss-reactive ketones (excluding diaryl/α,β-unsaturated/α-hetero) is 1. The van der Waals surface area contributed by atoms with Gasteiger partial charge in [-0.05, 0) is 63.2 Å². The van der Waals surface area contributed by atoms with E-state index < -0.39 is 15.2 Å². The van der Waals surface area contributed by atoms with Gasteiger partial charge in [-0.1, -0.05) is 75.6 Å². The van der Waals surface area contributed by atoms with Gasteiger partial charge >= 0.3 is 0 Å². The monoisotopic (exact) mass is 386 g/mol. The Labute approximate surface area is 164 Å². The fraction of sp³-hybridized carbons (Fsp3) is 0.955. The first-order chi connectivity index (χ1) is 11.9. The molecule has 0 unspecified atom stereocenters. The normalized spacial score (nSPS) is 40.4. The van der Waals surface area contributed by atoms with Crippen LogP contribution in [-0.2, 0) is 4.79 Å². The highest BCUT2D eigenvalue weighted by Crippen LogP contribution is 2.74. The molecule has 25 heavy (non-hydrogen) atoms. The van der Waals surface area contributed by atoms with Crippen molar-refractivity contribution < 1.29 is 4.79 Å². The maximum atomic E-state index is 13.4. The average Bonchev–Trinajstić information content (AvgIpc) is 2.62. The lowest BCUT2D eigenvalue weighted by Crippen LogP contribution is -2.74. The Morgan fingerprint density at radius 2 is 1.28 bits per heavy atom. The number of ketones is 1. The topological polar surface area (TPSA) is 17.1 Å². The van der Waals surface area contributed by atoms with Crippen molar-refractivity contribution in [2.75, 3.05) is 0 Å². The minimum atomic E-state index is -0.817. The summed E-state index contributed by atoms with van der Waals surface area (Å²) >= 11 is 14.0. The van der Waals surface area contributed by atoms with E-state index in [2.05, 4.69) is 13.8 Å². The van der Waals surface area contributed by atoms with Crippen molar-refractivity contribution >= 4 is 29.0 Å². The van der Waals surface area contributed by atoms with Gasteiger partial charge in [-0.15, -0.1) is 0 Å². The van der Waals surface area contributed by atoms with Crippen LogP contribution in [-0.4, -0.2) is 10.1 Å². The molecule has 3 aliphatic rings. The third kappa shape index (κ3) is 3.10. The molecule has 0 saturated heterocycles. The van der Waals surface area contributed by atoms with Crippen LogP contribution in [0.4, 0.5) is 0 Å². The third-order valence-electron chi connectivity index (χ3n) is 7.90. The zero-order chi connectivity index (χ0) is 18.1. The summed E-state index contributed by atoms with van der Waals surface area (Å²) in [6.07, 6.45) is 16.0. The molecule has 3 fully saturated rings. The first-order valence-electron chi connectivity index (χ1n) is 10.9. The standard InChI is InChI=1S/C22H36Cl2O/c1-3-5-6-8-18-11-15-21(16-12-18)19(25)20(22(21,23)24)13-9-17(7-4-2)10-14-20/h17-18H,3-16H2,1-2H3/t17-,18?,20+,21-. The van der Waals surface area contributed by atoms with Crippen LogP contribution in [0.25, 0.3) is 0 Å². The fourth-order valence-corrected chi connectivity index (χ4v) is 7.33. The van der Waals surface area contributed by atoms with Gasteiger partial charge in [0.1, 0.15) is 4.33 Å². The second-order valence-corrected chi connectivity index (χ2v) is 10.6. The Bertz CT molecular complexity index is 468. The number of alkyl halides is 2. The van der Waals surface area contributed by atoms with E-state index in [4.69, 9.17) is 23.2 Å². The van der Waals surface area contributed by atoms with E-state index in [0.717, 1.165) is 63.2 Å². The highest BCUT2D eigenvalue weighted by Gasteiger charge is 2.78. The summed E-state index contributed by atoms with van der Waals surface area (Å²) in [6, 6.07) is 0. The molecule has 2 spiro atoms.